The molecule has 0 fully saturated rings. The second-order valence-electron chi connectivity index (χ2n) is 6.21. The van der Waals surface area contributed by atoms with E-state index < -0.39 is 5.97 Å². The lowest BCUT2D eigenvalue weighted by Crippen LogP contribution is -2.24. The number of aliphatic imine (C=N–C) groups is 1. The minimum atomic E-state index is -1.03. The lowest BCUT2D eigenvalue weighted by atomic mass is 10.1. The van der Waals surface area contributed by atoms with Crippen molar-refractivity contribution in [3.05, 3.63) is 64.8 Å². The highest BCUT2D eigenvalue weighted by atomic mass is 32.2. The normalized spacial score (nSPS) is 15.3. The number of carboxylic acid groups (broad SMARTS) is 1. The molecule has 2 aromatic carbocycles. The molecule has 0 atom stereocenters. The number of para-hydroxylation sites is 3. The molecule has 7 nitrogen and oxygen atoms in total. The molecule has 4 rings (SSSR count). The zero-order chi connectivity index (χ0) is 19.8. The number of carbonyl (C=O) groups excluding carboxylic acids is 1. The number of imidazole rings is 1. The van der Waals surface area contributed by atoms with Crippen LogP contribution < -0.4 is 4.90 Å². The summed E-state index contributed by atoms with van der Waals surface area (Å²) in [5.74, 6) is -0.748. The Hall–Kier alpha value is -3.39. The van der Waals surface area contributed by atoms with Gasteiger partial charge in [-0.05, 0) is 36.0 Å². The number of aryl methyl sites for hydroxylation is 1. The maximum absolute atomic E-state index is 12.4. The van der Waals surface area contributed by atoms with E-state index in [1.54, 1.807) is 36.2 Å². The van der Waals surface area contributed by atoms with Crippen LogP contribution in [0.25, 0.3) is 17.1 Å². The van der Waals surface area contributed by atoms with Crippen molar-refractivity contribution in [1.82, 2.24) is 9.55 Å². The van der Waals surface area contributed by atoms with Gasteiger partial charge in [-0.15, -0.1) is 0 Å². The molecular weight excluding hydrogens is 376 g/mol. The first-order valence-corrected chi connectivity index (χ1v) is 9.27. The van der Waals surface area contributed by atoms with E-state index in [0.717, 1.165) is 11.0 Å². The Morgan fingerprint density at radius 2 is 1.89 bits per heavy atom. The van der Waals surface area contributed by atoms with Crippen LogP contribution in [-0.2, 0) is 11.8 Å². The number of thioether (sulfide) groups is 1. The van der Waals surface area contributed by atoms with E-state index in [1.165, 1.54) is 17.8 Å². The Morgan fingerprint density at radius 3 is 2.64 bits per heavy atom. The van der Waals surface area contributed by atoms with Gasteiger partial charge in [0.2, 0.25) is 0 Å². The highest BCUT2D eigenvalue weighted by molar-refractivity contribution is 8.18. The average Bonchev–Trinajstić information content (AvgIpc) is 3.22. The second-order valence-corrected chi connectivity index (χ2v) is 7.22. The van der Waals surface area contributed by atoms with Gasteiger partial charge in [0.25, 0.3) is 5.91 Å². The van der Waals surface area contributed by atoms with Crippen LogP contribution in [0.15, 0.2) is 58.4 Å². The number of aromatic carboxylic acids is 1. The molecule has 0 saturated heterocycles. The predicted molar refractivity (Wildman–Crippen MR) is 111 cm³/mol. The van der Waals surface area contributed by atoms with Gasteiger partial charge in [-0.1, -0.05) is 24.3 Å². The van der Waals surface area contributed by atoms with E-state index in [2.05, 4.69) is 9.98 Å². The minimum Gasteiger partial charge on any atom is -0.478 e. The third kappa shape index (κ3) is 3.07. The summed E-state index contributed by atoms with van der Waals surface area (Å²) in [4.78, 5) is 34.6. The molecule has 28 heavy (non-hydrogen) atoms. The number of rotatable bonds is 3. The molecule has 2 heterocycles. The third-order valence-corrected chi connectivity index (χ3v) is 5.53. The number of carboxylic acids is 1. The summed E-state index contributed by atoms with van der Waals surface area (Å²) in [6.45, 7) is 0. The van der Waals surface area contributed by atoms with Crippen molar-refractivity contribution in [1.29, 1.82) is 0 Å². The first-order chi connectivity index (χ1) is 13.5. The number of carbonyl (C=O) groups is 2. The summed E-state index contributed by atoms with van der Waals surface area (Å²) < 4.78 is 1.91. The van der Waals surface area contributed by atoms with Crippen molar-refractivity contribution < 1.29 is 14.7 Å². The fraction of sp³-hybridized carbons (Fsp3) is 0.100. The molecule has 1 N–H and O–H groups in total. The van der Waals surface area contributed by atoms with Crippen molar-refractivity contribution in [3.8, 4) is 0 Å². The number of hydrogen-bond donors (Lipinski definition) is 1. The Bertz CT molecular complexity index is 1180. The van der Waals surface area contributed by atoms with E-state index in [0.29, 0.717) is 21.6 Å². The molecular formula is C20H16N4O3S. The SMILES string of the molecule is CN(C1=NC(=O)C(=Cc2nc3ccccc3n2C)S1)c1ccccc1C(=O)O. The van der Waals surface area contributed by atoms with Crippen LogP contribution in [0, 0.1) is 0 Å². The second kappa shape index (κ2) is 6.97. The maximum atomic E-state index is 12.4. The summed E-state index contributed by atoms with van der Waals surface area (Å²) >= 11 is 1.20. The van der Waals surface area contributed by atoms with E-state index in [4.69, 9.17) is 0 Å². The molecule has 0 saturated carbocycles. The Kier molecular flexibility index (Phi) is 4.48. The molecule has 140 valence electrons. The van der Waals surface area contributed by atoms with Crippen molar-refractivity contribution in [2.24, 2.45) is 12.0 Å². The number of benzene rings is 2. The van der Waals surface area contributed by atoms with Gasteiger partial charge < -0.3 is 14.6 Å². The predicted octanol–water partition coefficient (Wildman–Crippen LogP) is 3.38. The number of amides is 1. The van der Waals surface area contributed by atoms with Crippen LogP contribution in [0.4, 0.5) is 5.69 Å². The Morgan fingerprint density at radius 1 is 1.18 bits per heavy atom. The zero-order valence-electron chi connectivity index (χ0n) is 15.2. The molecule has 1 aliphatic heterocycles. The Labute approximate surface area is 165 Å². The number of fused-ring (bicyclic) bond motifs is 1. The van der Waals surface area contributed by atoms with Crippen LogP contribution in [-0.4, -0.2) is 38.7 Å². The van der Waals surface area contributed by atoms with Gasteiger partial charge in [-0.2, -0.15) is 4.99 Å². The summed E-state index contributed by atoms with van der Waals surface area (Å²) in [6.07, 6.45) is 1.71. The van der Waals surface area contributed by atoms with Crippen molar-refractivity contribution >= 4 is 51.6 Å². The number of amidine groups is 1. The number of aromatic nitrogens is 2. The van der Waals surface area contributed by atoms with Gasteiger partial charge >= 0.3 is 5.97 Å². The molecule has 0 aliphatic carbocycles. The van der Waals surface area contributed by atoms with Crippen molar-refractivity contribution in [2.75, 3.05) is 11.9 Å². The van der Waals surface area contributed by atoms with E-state index in [9.17, 15) is 14.7 Å². The third-order valence-electron chi connectivity index (χ3n) is 4.47. The van der Waals surface area contributed by atoms with Crippen LogP contribution in [0.5, 0.6) is 0 Å². The largest absolute Gasteiger partial charge is 0.478 e. The summed E-state index contributed by atoms with van der Waals surface area (Å²) in [6, 6.07) is 14.3. The summed E-state index contributed by atoms with van der Waals surface area (Å²) in [5.41, 5.74) is 2.44. The van der Waals surface area contributed by atoms with Crippen molar-refractivity contribution in [2.45, 2.75) is 0 Å². The van der Waals surface area contributed by atoms with E-state index in [-0.39, 0.29) is 11.5 Å². The highest BCUT2D eigenvalue weighted by Gasteiger charge is 2.27. The number of anilines is 1. The molecule has 1 amide bonds. The zero-order valence-corrected chi connectivity index (χ0v) is 16.0. The van der Waals surface area contributed by atoms with Crippen LogP contribution in [0.3, 0.4) is 0 Å². The quantitative estimate of drug-likeness (QED) is 0.688. The van der Waals surface area contributed by atoms with Gasteiger partial charge in [-0.3, -0.25) is 4.79 Å². The summed E-state index contributed by atoms with van der Waals surface area (Å²) in [5, 5.41) is 9.81. The van der Waals surface area contributed by atoms with Gasteiger partial charge in [-0.25, -0.2) is 9.78 Å². The first-order valence-electron chi connectivity index (χ1n) is 8.46. The topological polar surface area (TPSA) is 87.8 Å². The van der Waals surface area contributed by atoms with Gasteiger partial charge in [0.15, 0.2) is 5.17 Å². The maximum Gasteiger partial charge on any atom is 0.337 e. The fourth-order valence-corrected chi connectivity index (χ4v) is 3.86. The monoisotopic (exact) mass is 392 g/mol. The average molecular weight is 392 g/mol. The molecule has 0 radical (unpaired) electrons. The lowest BCUT2D eigenvalue weighted by Gasteiger charge is -2.19. The molecule has 1 aliphatic rings. The standard InChI is InChI=1S/C20H16N4O3S/c1-23-15-10-6-4-8-13(15)21-17(23)11-16-18(25)22-20(28-16)24(2)14-9-5-3-7-12(14)19(26)27/h3-11H,1-2H3,(H,26,27). The molecule has 3 aromatic rings. The number of nitrogens with zero attached hydrogens (tertiary/aromatic N) is 4. The molecule has 1 aromatic heterocycles. The van der Waals surface area contributed by atoms with E-state index in [1.807, 2.05) is 35.9 Å². The lowest BCUT2D eigenvalue weighted by molar-refractivity contribution is -0.113. The van der Waals surface area contributed by atoms with Gasteiger partial charge in [0.1, 0.15) is 5.82 Å². The smallest absolute Gasteiger partial charge is 0.337 e. The van der Waals surface area contributed by atoms with Crippen LogP contribution >= 0.6 is 11.8 Å². The molecule has 8 heteroatoms. The van der Waals surface area contributed by atoms with Gasteiger partial charge in [0.05, 0.1) is 27.2 Å². The molecule has 0 bridgehead atoms. The summed E-state index contributed by atoms with van der Waals surface area (Å²) in [7, 11) is 3.59. The van der Waals surface area contributed by atoms with Gasteiger partial charge in [0, 0.05) is 20.2 Å². The Balaban J connectivity index is 1.65. The van der Waals surface area contributed by atoms with Crippen LogP contribution in [0.1, 0.15) is 16.2 Å². The number of hydrogen-bond acceptors (Lipinski definition) is 5. The van der Waals surface area contributed by atoms with E-state index >= 15 is 0 Å². The van der Waals surface area contributed by atoms with Crippen LogP contribution in [0.2, 0.25) is 0 Å². The fourth-order valence-electron chi connectivity index (χ4n) is 3.00. The highest BCUT2D eigenvalue weighted by Crippen LogP contribution is 2.33. The molecule has 0 unspecified atom stereocenters. The first kappa shape index (κ1) is 18.0. The van der Waals surface area contributed by atoms with Crippen molar-refractivity contribution in [3.63, 3.8) is 0 Å². The molecule has 0 spiro atoms. The minimum absolute atomic E-state index is 0.147.